The highest BCUT2D eigenvalue weighted by molar-refractivity contribution is 5.11. The summed E-state index contributed by atoms with van der Waals surface area (Å²) in [6, 6.07) is 4.43. The Bertz CT molecular complexity index is 535. The first-order valence-corrected chi connectivity index (χ1v) is 7.73. The summed E-state index contributed by atoms with van der Waals surface area (Å²) in [4.78, 5) is 6.55. The summed E-state index contributed by atoms with van der Waals surface area (Å²) in [5.74, 6) is 2.09. The topological polar surface area (TPSA) is 43.4 Å². The van der Waals surface area contributed by atoms with E-state index in [0.29, 0.717) is 0 Å². The summed E-state index contributed by atoms with van der Waals surface area (Å²) in [7, 11) is 0. The molecule has 3 heterocycles. The van der Waals surface area contributed by atoms with E-state index in [1.165, 1.54) is 0 Å². The fraction of sp³-hybridized carbons (Fsp3) is 0.562. The zero-order valence-electron chi connectivity index (χ0n) is 12.6. The van der Waals surface area contributed by atoms with Crippen LogP contribution in [0.3, 0.4) is 0 Å². The summed E-state index contributed by atoms with van der Waals surface area (Å²) < 4.78 is 13.7. The molecular formula is C16H23N3O2. The molecule has 2 aromatic heterocycles. The van der Waals surface area contributed by atoms with E-state index in [0.717, 1.165) is 57.2 Å². The Labute approximate surface area is 125 Å². The number of aromatic nitrogens is 2. The lowest BCUT2D eigenvalue weighted by molar-refractivity contribution is -0.0172. The molecule has 0 bridgehead atoms. The minimum atomic E-state index is 0.252. The summed E-state index contributed by atoms with van der Waals surface area (Å²) >= 11 is 0. The molecule has 1 aliphatic heterocycles. The van der Waals surface area contributed by atoms with E-state index < -0.39 is 0 Å². The quantitative estimate of drug-likeness (QED) is 0.819. The third kappa shape index (κ3) is 3.54. The second-order valence-corrected chi connectivity index (χ2v) is 5.44. The number of rotatable bonds is 6. The Morgan fingerprint density at radius 3 is 3.05 bits per heavy atom. The first-order chi connectivity index (χ1) is 10.4. The highest BCUT2D eigenvalue weighted by Gasteiger charge is 2.26. The van der Waals surface area contributed by atoms with Gasteiger partial charge in [0.15, 0.2) is 0 Å². The van der Waals surface area contributed by atoms with Crippen LogP contribution in [-0.4, -0.2) is 40.8 Å². The molecule has 1 saturated heterocycles. The Hall–Kier alpha value is -1.59. The maximum Gasteiger partial charge on any atom is 0.123 e. The molecule has 1 unspecified atom stereocenters. The number of nitrogens with zero attached hydrogens (tertiary/aromatic N) is 3. The minimum absolute atomic E-state index is 0.252. The second-order valence-electron chi connectivity index (χ2n) is 5.44. The molecule has 114 valence electrons. The van der Waals surface area contributed by atoms with Gasteiger partial charge in [-0.25, -0.2) is 4.98 Å². The van der Waals surface area contributed by atoms with E-state index in [9.17, 15) is 0 Å². The number of imidazole rings is 1. The number of aryl methyl sites for hydroxylation is 2. The predicted octanol–water partition coefficient (Wildman–Crippen LogP) is 2.50. The minimum Gasteiger partial charge on any atom is -0.464 e. The normalized spacial score (nSPS) is 20.0. The molecule has 3 rings (SSSR count). The van der Waals surface area contributed by atoms with Crippen molar-refractivity contribution in [2.24, 2.45) is 0 Å². The monoisotopic (exact) mass is 289 g/mol. The Balaban J connectivity index is 1.58. The molecule has 0 saturated carbocycles. The Morgan fingerprint density at radius 1 is 1.33 bits per heavy atom. The molecule has 0 N–H and O–H groups in total. The van der Waals surface area contributed by atoms with E-state index in [-0.39, 0.29) is 6.04 Å². The lowest BCUT2D eigenvalue weighted by Gasteiger charge is -2.34. The van der Waals surface area contributed by atoms with Crippen molar-refractivity contribution in [2.75, 3.05) is 26.3 Å². The number of hydrogen-bond acceptors (Lipinski definition) is 4. The van der Waals surface area contributed by atoms with Crippen molar-refractivity contribution in [3.63, 3.8) is 0 Å². The summed E-state index contributed by atoms with van der Waals surface area (Å²) in [6.07, 6.45) is 7.75. The summed E-state index contributed by atoms with van der Waals surface area (Å²) in [5.41, 5.74) is 0. The standard InChI is InChI=1S/C16H23N3O2/c1-2-14-4-5-16(21-14)15-12-20-11-10-19(15)8-3-7-18-9-6-17-13-18/h4-6,9,13,15H,2-3,7-8,10-12H2,1H3. The molecule has 1 fully saturated rings. The first-order valence-electron chi connectivity index (χ1n) is 7.73. The van der Waals surface area contributed by atoms with Gasteiger partial charge in [0.2, 0.25) is 0 Å². The summed E-state index contributed by atoms with van der Waals surface area (Å²) in [6.45, 7) is 6.67. The predicted molar refractivity (Wildman–Crippen MR) is 80.1 cm³/mol. The van der Waals surface area contributed by atoms with Crippen LogP contribution in [0.15, 0.2) is 35.3 Å². The third-order valence-electron chi connectivity index (χ3n) is 4.02. The number of hydrogen-bond donors (Lipinski definition) is 0. The van der Waals surface area contributed by atoms with Gasteiger partial charge in [-0.2, -0.15) is 0 Å². The van der Waals surface area contributed by atoms with Crippen molar-refractivity contribution in [1.29, 1.82) is 0 Å². The van der Waals surface area contributed by atoms with Crippen molar-refractivity contribution in [1.82, 2.24) is 14.5 Å². The van der Waals surface area contributed by atoms with Crippen LogP contribution in [0, 0.1) is 0 Å². The van der Waals surface area contributed by atoms with E-state index in [4.69, 9.17) is 9.15 Å². The smallest absolute Gasteiger partial charge is 0.123 e. The van der Waals surface area contributed by atoms with Gasteiger partial charge in [-0.3, -0.25) is 4.90 Å². The lowest BCUT2D eigenvalue weighted by atomic mass is 10.1. The molecular weight excluding hydrogens is 266 g/mol. The number of ether oxygens (including phenoxy) is 1. The Kier molecular flexibility index (Phi) is 4.72. The van der Waals surface area contributed by atoms with Crippen molar-refractivity contribution in [3.05, 3.63) is 42.4 Å². The van der Waals surface area contributed by atoms with Gasteiger partial charge in [-0.15, -0.1) is 0 Å². The third-order valence-corrected chi connectivity index (χ3v) is 4.02. The average Bonchev–Trinajstić information content (AvgIpc) is 3.19. The first kappa shape index (κ1) is 14.4. The zero-order chi connectivity index (χ0) is 14.5. The maximum absolute atomic E-state index is 5.92. The SMILES string of the molecule is CCc1ccc(C2COCCN2CCCn2ccnc2)o1. The molecule has 0 aliphatic carbocycles. The van der Waals surface area contributed by atoms with Crippen LogP contribution in [0.1, 0.15) is 30.9 Å². The maximum atomic E-state index is 5.92. The van der Waals surface area contributed by atoms with Crippen molar-refractivity contribution >= 4 is 0 Å². The molecule has 21 heavy (non-hydrogen) atoms. The van der Waals surface area contributed by atoms with Crippen LogP contribution >= 0.6 is 0 Å². The fourth-order valence-corrected chi connectivity index (χ4v) is 2.81. The molecule has 2 aromatic rings. The molecule has 0 amide bonds. The highest BCUT2D eigenvalue weighted by atomic mass is 16.5. The molecule has 1 aliphatic rings. The average molecular weight is 289 g/mol. The van der Waals surface area contributed by atoms with Gasteiger partial charge >= 0.3 is 0 Å². The van der Waals surface area contributed by atoms with Gasteiger partial charge in [-0.05, 0) is 18.6 Å². The van der Waals surface area contributed by atoms with Gasteiger partial charge in [-0.1, -0.05) is 6.92 Å². The van der Waals surface area contributed by atoms with E-state index in [1.807, 2.05) is 18.7 Å². The van der Waals surface area contributed by atoms with E-state index in [1.54, 1.807) is 0 Å². The Morgan fingerprint density at radius 2 is 2.29 bits per heavy atom. The van der Waals surface area contributed by atoms with Gasteiger partial charge in [0.05, 0.1) is 25.6 Å². The summed E-state index contributed by atoms with van der Waals surface area (Å²) in [5, 5.41) is 0. The van der Waals surface area contributed by atoms with Crippen molar-refractivity contribution in [3.8, 4) is 0 Å². The molecule has 5 heteroatoms. The largest absolute Gasteiger partial charge is 0.464 e. The van der Waals surface area contributed by atoms with Gasteiger partial charge in [0.1, 0.15) is 11.5 Å². The van der Waals surface area contributed by atoms with E-state index in [2.05, 4.69) is 33.5 Å². The van der Waals surface area contributed by atoms with Crippen LogP contribution in [0.4, 0.5) is 0 Å². The van der Waals surface area contributed by atoms with Gasteiger partial charge in [0.25, 0.3) is 0 Å². The van der Waals surface area contributed by atoms with E-state index >= 15 is 0 Å². The van der Waals surface area contributed by atoms with Crippen molar-refractivity contribution in [2.45, 2.75) is 32.4 Å². The second kappa shape index (κ2) is 6.91. The van der Waals surface area contributed by atoms with Crippen LogP contribution in [-0.2, 0) is 17.7 Å². The van der Waals surface area contributed by atoms with Crippen LogP contribution in [0.25, 0.3) is 0 Å². The van der Waals surface area contributed by atoms with Gasteiger partial charge in [0, 0.05) is 38.4 Å². The molecule has 1 atom stereocenters. The van der Waals surface area contributed by atoms with Crippen LogP contribution < -0.4 is 0 Å². The van der Waals surface area contributed by atoms with Crippen LogP contribution in [0.2, 0.25) is 0 Å². The van der Waals surface area contributed by atoms with Crippen molar-refractivity contribution < 1.29 is 9.15 Å². The molecule has 0 spiro atoms. The highest BCUT2D eigenvalue weighted by Crippen LogP contribution is 2.26. The molecule has 0 radical (unpaired) electrons. The fourth-order valence-electron chi connectivity index (χ4n) is 2.81. The molecule has 5 nitrogen and oxygen atoms in total. The number of morpholine rings is 1. The van der Waals surface area contributed by atoms with Gasteiger partial charge < -0.3 is 13.7 Å². The zero-order valence-corrected chi connectivity index (χ0v) is 12.6. The van der Waals surface area contributed by atoms with Crippen LogP contribution in [0.5, 0.6) is 0 Å². The lowest BCUT2D eigenvalue weighted by Crippen LogP contribution is -2.40. The molecule has 0 aromatic carbocycles. The number of furan rings is 1.